The molecule has 2 fully saturated rings. The average molecular weight is 430 g/mol. The zero-order chi connectivity index (χ0) is 21.6. The summed E-state index contributed by atoms with van der Waals surface area (Å²) in [6.07, 6.45) is 8.62. The van der Waals surface area contributed by atoms with Crippen LogP contribution in [-0.2, 0) is 26.0 Å². The average Bonchev–Trinajstić information content (AvgIpc) is 3.00. The lowest BCUT2D eigenvalue weighted by Crippen LogP contribution is -2.28. The van der Waals surface area contributed by atoms with E-state index in [1.54, 1.807) is 0 Å². The number of hydrogen-bond donors (Lipinski definition) is 3. The van der Waals surface area contributed by atoms with E-state index in [1.807, 2.05) is 11.6 Å². The van der Waals surface area contributed by atoms with Crippen molar-refractivity contribution in [1.82, 2.24) is 15.1 Å². The molecule has 0 amide bonds. The van der Waals surface area contributed by atoms with Gasteiger partial charge in [0.25, 0.3) is 0 Å². The smallest absolute Gasteiger partial charge is 0.414 e. The normalized spacial score (nSPS) is 21.8. The molecule has 3 rings (SSSR count). The van der Waals surface area contributed by atoms with Crippen LogP contribution in [0.25, 0.3) is 0 Å². The standard InChI is InChI=1S/C17H29N3O2S.C2H2O4/c1-13-17(11-18-15-7-5-3-4-6-8-15)14(2)20(19-13)16-9-10-23(21,22)12-16;3-1(4)2(5)6/h15-16,18H,3-12H2,1-2H3;(H,3,4)(H,5,6). The first kappa shape index (κ1) is 23.3. The van der Waals surface area contributed by atoms with Gasteiger partial charge in [-0.15, -0.1) is 0 Å². The van der Waals surface area contributed by atoms with Gasteiger partial charge in [0, 0.05) is 23.8 Å². The van der Waals surface area contributed by atoms with Crippen molar-refractivity contribution < 1.29 is 28.2 Å². The zero-order valence-electron chi connectivity index (χ0n) is 17.1. The van der Waals surface area contributed by atoms with Crippen molar-refractivity contribution in [3.8, 4) is 0 Å². The maximum Gasteiger partial charge on any atom is 0.414 e. The number of nitrogens with zero attached hydrogens (tertiary/aromatic N) is 2. The number of sulfone groups is 1. The highest BCUT2D eigenvalue weighted by atomic mass is 32.2. The Kier molecular flexibility index (Phi) is 8.21. The Bertz CT molecular complexity index is 813. The lowest BCUT2D eigenvalue weighted by molar-refractivity contribution is -0.159. The summed E-state index contributed by atoms with van der Waals surface area (Å²) in [6.45, 7) is 4.97. The Labute approximate surface area is 171 Å². The Hall–Kier alpha value is -1.94. The van der Waals surface area contributed by atoms with E-state index < -0.39 is 21.8 Å². The molecule has 10 heteroatoms. The van der Waals surface area contributed by atoms with Gasteiger partial charge in [0.05, 0.1) is 23.2 Å². The first-order valence-electron chi connectivity index (χ1n) is 10.1. The summed E-state index contributed by atoms with van der Waals surface area (Å²) < 4.78 is 25.4. The minimum atomic E-state index is -2.87. The van der Waals surface area contributed by atoms with Crippen molar-refractivity contribution in [2.75, 3.05) is 11.5 Å². The van der Waals surface area contributed by atoms with E-state index in [9.17, 15) is 8.42 Å². The fraction of sp³-hybridized carbons (Fsp3) is 0.737. The van der Waals surface area contributed by atoms with Gasteiger partial charge in [-0.25, -0.2) is 18.0 Å². The van der Waals surface area contributed by atoms with E-state index in [-0.39, 0.29) is 11.8 Å². The van der Waals surface area contributed by atoms with Crippen LogP contribution in [0.15, 0.2) is 0 Å². The Morgan fingerprint density at radius 2 is 1.66 bits per heavy atom. The highest BCUT2D eigenvalue weighted by Crippen LogP contribution is 2.27. The number of carbonyl (C=O) groups is 2. The summed E-state index contributed by atoms with van der Waals surface area (Å²) in [5.41, 5.74) is 3.41. The molecule has 1 saturated heterocycles. The molecule has 0 aromatic carbocycles. The molecule has 1 aliphatic carbocycles. The molecule has 0 radical (unpaired) electrons. The molecule has 164 valence electrons. The predicted molar refractivity (Wildman–Crippen MR) is 108 cm³/mol. The molecule has 1 aromatic heterocycles. The summed E-state index contributed by atoms with van der Waals surface area (Å²) in [7, 11) is -2.87. The minimum Gasteiger partial charge on any atom is -0.473 e. The van der Waals surface area contributed by atoms with Crippen molar-refractivity contribution in [1.29, 1.82) is 0 Å². The lowest BCUT2D eigenvalue weighted by atomic mass is 10.1. The molecule has 1 atom stereocenters. The van der Waals surface area contributed by atoms with Crippen LogP contribution >= 0.6 is 0 Å². The first-order chi connectivity index (χ1) is 13.6. The molecular weight excluding hydrogens is 398 g/mol. The van der Waals surface area contributed by atoms with Crippen molar-refractivity contribution in [2.24, 2.45) is 0 Å². The molecule has 2 aliphatic rings. The van der Waals surface area contributed by atoms with Crippen LogP contribution in [0.1, 0.15) is 67.9 Å². The molecule has 1 aliphatic heterocycles. The van der Waals surface area contributed by atoms with Crippen LogP contribution in [-0.4, -0.2) is 57.9 Å². The number of aliphatic carboxylic acids is 2. The van der Waals surface area contributed by atoms with Gasteiger partial charge in [-0.2, -0.15) is 5.10 Å². The third-order valence-electron chi connectivity index (χ3n) is 5.63. The van der Waals surface area contributed by atoms with Crippen LogP contribution in [0.4, 0.5) is 0 Å². The molecule has 1 aromatic rings. The summed E-state index contributed by atoms with van der Waals surface area (Å²) >= 11 is 0. The summed E-state index contributed by atoms with van der Waals surface area (Å²) in [5.74, 6) is -3.11. The van der Waals surface area contributed by atoms with Crippen molar-refractivity contribution in [3.05, 3.63) is 17.0 Å². The SMILES string of the molecule is Cc1nn(C2CCS(=O)(=O)C2)c(C)c1CNC1CCCCCC1.O=C(O)C(=O)O. The number of nitrogens with one attached hydrogen (secondary N) is 1. The van der Waals surface area contributed by atoms with Crippen molar-refractivity contribution in [2.45, 2.75) is 77.4 Å². The summed E-state index contributed by atoms with van der Waals surface area (Å²) in [4.78, 5) is 18.2. The van der Waals surface area contributed by atoms with Gasteiger partial charge in [0.2, 0.25) is 0 Å². The van der Waals surface area contributed by atoms with Crippen molar-refractivity contribution >= 4 is 21.8 Å². The number of aromatic nitrogens is 2. The first-order valence-corrected chi connectivity index (χ1v) is 11.9. The third kappa shape index (κ3) is 6.81. The van der Waals surface area contributed by atoms with E-state index in [2.05, 4.69) is 17.3 Å². The van der Waals surface area contributed by atoms with Gasteiger partial charge < -0.3 is 15.5 Å². The molecule has 0 spiro atoms. The highest BCUT2D eigenvalue weighted by Gasteiger charge is 2.31. The van der Waals surface area contributed by atoms with Gasteiger partial charge in [0.15, 0.2) is 9.84 Å². The second kappa shape index (κ2) is 10.2. The fourth-order valence-corrected chi connectivity index (χ4v) is 5.70. The fourth-order valence-electron chi connectivity index (χ4n) is 4.01. The zero-order valence-corrected chi connectivity index (χ0v) is 17.9. The van der Waals surface area contributed by atoms with Crippen LogP contribution in [0.5, 0.6) is 0 Å². The van der Waals surface area contributed by atoms with E-state index in [0.717, 1.165) is 17.9 Å². The molecular formula is C19H31N3O6S. The quantitative estimate of drug-likeness (QED) is 0.487. The second-order valence-corrected chi connectivity index (χ2v) is 10.1. The van der Waals surface area contributed by atoms with Gasteiger partial charge in [-0.05, 0) is 33.1 Å². The molecule has 1 saturated carbocycles. The highest BCUT2D eigenvalue weighted by molar-refractivity contribution is 7.91. The van der Waals surface area contributed by atoms with E-state index in [1.165, 1.54) is 44.1 Å². The largest absolute Gasteiger partial charge is 0.473 e. The van der Waals surface area contributed by atoms with E-state index >= 15 is 0 Å². The van der Waals surface area contributed by atoms with Crippen molar-refractivity contribution in [3.63, 3.8) is 0 Å². The molecule has 0 bridgehead atoms. The number of aryl methyl sites for hydroxylation is 1. The molecule has 1 unspecified atom stereocenters. The number of carboxylic acid groups (broad SMARTS) is 2. The van der Waals surface area contributed by atoms with Gasteiger partial charge in [-0.1, -0.05) is 25.7 Å². The van der Waals surface area contributed by atoms with Crippen LogP contribution in [0.3, 0.4) is 0 Å². The van der Waals surface area contributed by atoms with E-state index in [0.29, 0.717) is 18.2 Å². The molecule has 3 N–H and O–H groups in total. The Balaban J connectivity index is 0.000000438. The molecule has 2 heterocycles. The Morgan fingerprint density at radius 3 is 2.14 bits per heavy atom. The van der Waals surface area contributed by atoms with E-state index in [4.69, 9.17) is 19.8 Å². The summed E-state index contributed by atoms with van der Waals surface area (Å²) in [6, 6.07) is 0.636. The van der Waals surface area contributed by atoms with Gasteiger partial charge in [-0.3, -0.25) is 4.68 Å². The topological polar surface area (TPSA) is 139 Å². The number of hydrogen-bond acceptors (Lipinski definition) is 6. The van der Waals surface area contributed by atoms with Crippen LogP contribution in [0.2, 0.25) is 0 Å². The maximum atomic E-state index is 11.7. The maximum absolute atomic E-state index is 11.7. The van der Waals surface area contributed by atoms with Gasteiger partial charge >= 0.3 is 11.9 Å². The minimum absolute atomic E-state index is 0.0188. The Morgan fingerprint density at radius 1 is 1.07 bits per heavy atom. The molecule has 9 nitrogen and oxygen atoms in total. The van der Waals surface area contributed by atoms with Gasteiger partial charge in [0.1, 0.15) is 0 Å². The predicted octanol–water partition coefficient (Wildman–Crippen LogP) is 1.83. The number of rotatable bonds is 4. The number of carboxylic acids is 2. The summed E-state index contributed by atoms with van der Waals surface area (Å²) in [5, 5.41) is 23.1. The molecule has 29 heavy (non-hydrogen) atoms. The monoisotopic (exact) mass is 429 g/mol. The van der Waals surface area contributed by atoms with Crippen LogP contribution in [0, 0.1) is 13.8 Å². The second-order valence-electron chi connectivity index (χ2n) is 7.83. The lowest BCUT2D eigenvalue weighted by Gasteiger charge is -2.17. The third-order valence-corrected chi connectivity index (χ3v) is 7.39. The van der Waals surface area contributed by atoms with Crippen LogP contribution < -0.4 is 5.32 Å².